The Morgan fingerprint density at radius 3 is 2.82 bits per heavy atom. The maximum absolute atomic E-state index is 12.5. The van der Waals surface area contributed by atoms with E-state index < -0.39 is 5.97 Å². The molecule has 0 aliphatic rings. The predicted molar refractivity (Wildman–Crippen MR) is 101 cm³/mol. The van der Waals surface area contributed by atoms with Gasteiger partial charge < -0.3 is 13.9 Å². The van der Waals surface area contributed by atoms with Crippen LogP contribution in [0, 0.1) is 6.92 Å². The number of hydrogen-bond acceptors (Lipinski definition) is 7. The van der Waals surface area contributed by atoms with Gasteiger partial charge in [-0.3, -0.25) is 4.79 Å². The SMILES string of the molecule is CCOc1ccc2oc(C(=O)OCn3nnc4ccccc4c3=O)c(C)c2c1. The van der Waals surface area contributed by atoms with Crippen LogP contribution in [0.1, 0.15) is 23.0 Å². The second-order valence-corrected chi connectivity index (χ2v) is 6.12. The fourth-order valence-corrected chi connectivity index (χ4v) is 2.94. The summed E-state index contributed by atoms with van der Waals surface area (Å²) < 4.78 is 17.3. The second kappa shape index (κ2) is 7.15. The zero-order valence-corrected chi connectivity index (χ0v) is 15.3. The lowest BCUT2D eigenvalue weighted by atomic mass is 10.1. The average Bonchev–Trinajstić information content (AvgIpc) is 3.04. The number of carbonyl (C=O) groups is 1. The van der Waals surface area contributed by atoms with Gasteiger partial charge in [-0.1, -0.05) is 17.3 Å². The first kappa shape index (κ1) is 17.7. The Morgan fingerprint density at radius 2 is 2.00 bits per heavy atom. The van der Waals surface area contributed by atoms with E-state index in [9.17, 15) is 9.59 Å². The molecule has 28 heavy (non-hydrogen) atoms. The van der Waals surface area contributed by atoms with Crippen LogP contribution < -0.4 is 10.3 Å². The van der Waals surface area contributed by atoms with Crippen molar-refractivity contribution in [3.05, 3.63) is 64.1 Å². The van der Waals surface area contributed by atoms with Gasteiger partial charge in [0, 0.05) is 10.9 Å². The Kier molecular flexibility index (Phi) is 4.52. The van der Waals surface area contributed by atoms with Crippen molar-refractivity contribution >= 4 is 27.8 Å². The number of nitrogens with zero attached hydrogens (tertiary/aromatic N) is 3. The molecule has 0 saturated carbocycles. The summed E-state index contributed by atoms with van der Waals surface area (Å²) in [6, 6.07) is 12.2. The van der Waals surface area contributed by atoms with E-state index in [0.29, 0.717) is 34.4 Å². The van der Waals surface area contributed by atoms with Crippen LogP contribution in [-0.4, -0.2) is 27.6 Å². The topological polar surface area (TPSA) is 96.5 Å². The number of ether oxygens (including phenoxy) is 2. The number of fused-ring (bicyclic) bond motifs is 2. The van der Waals surface area contributed by atoms with Gasteiger partial charge in [0.05, 0.1) is 12.0 Å². The standard InChI is InChI=1S/C20H17N3O5/c1-3-26-13-8-9-17-15(10-13)12(2)18(28-17)20(25)27-11-23-19(24)14-6-4-5-7-16(14)21-22-23/h4-10H,3,11H2,1-2H3. The van der Waals surface area contributed by atoms with Gasteiger partial charge in [0.25, 0.3) is 5.56 Å². The molecule has 4 aromatic rings. The van der Waals surface area contributed by atoms with Gasteiger partial charge in [0.15, 0.2) is 6.73 Å². The van der Waals surface area contributed by atoms with E-state index in [0.717, 1.165) is 10.1 Å². The zero-order chi connectivity index (χ0) is 19.7. The highest BCUT2D eigenvalue weighted by Gasteiger charge is 2.20. The fraction of sp³-hybridized carbons (Fsp3) is 0.200. The van der Waals surface area contributed by atoms with Gasteiger partial charge in [0.2, 0.25) is 5.76 Å². The molecule has 0 aliphatic heterocycles. The van der Waals surface area contributed by atoms with Crippen molar-refractivity contribution in [2.24, 2.45) is 0 Å². The van der Waals surface area contributed by atoms with Crippen LogP contribution in [0.3, 0.4) is 0 Å². The zero-order valence-electron chi connectivity index (χ0n) is 15.3. The van der Waals surface area contributed by atoms with Crippen molar-refractivity contribution in [1.29, 1.82) is 0 Å². The number of rotatable bonds is 5. The van der Waals surface area contributed by atoms with E-state index in [1.54, 1.807) is 43.3 Å². The third kappa shape index (κ3) is 3.09. The number of hydrogen-bond donors (Lipinski definition) is 0. The molecule has 142 valence electrons. The summed E-state index contributed by atoms with van der Waals surface area (Å²) >= 11 is 0. The minimum atomic E-state index is -0.687. The van der Waals surface area contributed by atoms with Crippen molar-refractivity contribution in [2.75, 3.05) is 6.61 Å². The van der Waals surface area contributed by atoms with Crippen LogP contribution in [0.25, 0.3) is 21.9 Å². The van der Waals surface area contributed by atoms with Crippen molar-refractivity contribution in [3.8, 4) is 5.75 Å². The van der Waals surface area contributed by atoms with E-state index in [2.05, 4.69) is 10.3 Å². The van der Waals surface area contributed by atoms with E-state index in [4.69, 9.17) is 13.9 Å². The number of furan rings is 1. The summed E-state index contributed by atoms with van der Waals surface area (Å²) in [7, 11) is 0. The Hall–Kier alpha value is -3.68. The van der Waals surface area contributed by atoms with Crippen LogP contribution in [0.15, 0.2) is 51.7 Å². The lowest BCUT2D eigenvalue weighted by Crippen LogP contribution is -2.26. The Labute approximate surface area is 159 Å². The van der Waals surface area contributed by atoms with Crippen LogP contribution in [0.4, 0.5) is 0 Å². The van der Waals surface area contributed by atoms with E-state index in [1.165, 1.54) is 0 Å². The van der Waals surface area contributed by atoms with Crippen LogP contribution in [0.2, 0.25) is 0 Å². The third-order valence-corrected chi connectivity index (χ3v) is 4.35. The number of esters is 1. The molecule has 0 amide bonds. The molecule has 0 saturated heterocycles. The molecule has 0 atom stereocenters. The summed E-state index contributed by atoms with van der Waals surface area (Å²) in [5.74, 6) is 0.0794. The van der Waals surface area contributed by atoms with E-state index in [1.807, 2.05) is 13.0 Å². The molecule has 0 unspecified atom stereocenters. The van der Waals surface area contributed by atoms with Gasteiger partial charge in [-0.15, -0.1) is 5.10 Å². The molecule has 8 nitrogen and oxygen atoms in total. The van der Waals surface area contributed by atoms with Gasteiger partial charge in [0.1, 0.15) is 16.8 Å². The summed E-state index contributed by atoms with van der Waals surface area (Å²) in [6.07, 6.45) is 0. The van der Waals surface area contributed by atoms with E-state index >= 15 is 0 Å². The lowest BCUT2D eigenvalue weighted by molar-refractivity contribution is 0.0301. The number of carbonyl (C=O) groups excluding carboxylic acids is 1. The largest absolute Gasteiger partial charge is 0.494 e. The Balaban J connectivity index is 1.58. The highest BCUT2D eigenvalue weighted by molar-refractivity contribution is 5.96. The van der Waals surface area contributed by atoms with Gasteiger partial charge >= 0.3 is 5.97 Å². The molecule has 0 N–H and O–H groups in total. The molecule has 2 aromatic heterocycles. The lowest BCUT2D eigenvalue weighted by Gasteiger charge is -2.05. The molecule has 2 aromatic carbocycles. The summed E-state index contributed by atoms with van der Waals surface area (Å²) in [6.45, 7) is 3.84. The second-order valence-electron chi connectivity index (χ2n) is 6.12. The van der Waals surface area contributed by atoms with Gasteiger partial charge in [-0.2, -0.15) is 4.68 Å². The number of benzene rings is 2. The molecular weight excluding hydrogens is 362 g/mol. The highest BCUT2D eigenvalue weighted by Crippen LogP contribution is 2.29. The first-order valence-corrected chi connectivity index (χ1v) is 8.74. The van der Waals surface area contributed by atoms with Gasteiger partial charge in [-0.25, -0.2) is 4.79 Å². The van der Waals surface area contributed by atoms with Crippen molar-refractivity contribution in [1.82, 2.24) is 15.0 Å². The Bertz CT molecular complexity index is 1240. The fourth-order valence-electron chi connectivity index (χ4n) is 2.94. The van der Waals surface area contributed by atoms with Crippen LogP contribution in [-0.2, 0) is 11.5 Å². The van der Waals surface area contributed by atoms with E-state index in [-0.39, 0.29) is 18.1 Å². The molecule has 0 radical (unpaired) electrons. The van der Waals surface area contributed by atoms with Crippen molar-refractivity contribution in [3.63, 3.8) is 0 Å². The minimum absolute atomic E-state index is 0.0745. The third-order valence-electron chi connectivity index (χ3n) is 4.35. The summed E-state index contributed by atoms with van der Waals surface area (Å²) in [5, 5.41) is 8.92. The summed E-state index contributed by atoms with van der Waals surface area (Å²) in [4.78, 5) is 24.9. The maximum atomic E-state index is 12.5. The quantitative estimate of drug-likeness (QED) is 0.492. The molecule has 0 aliphatic carbocycles. The first-order chi connectivity index (χ1) is 13.6. The molecule has 0 bridgehead atoms. The minimum Gasteiger partial charge on any atom is -0.494 e. The molecule has 4 rings (SSSR count). The molecule has 0 spiro atoms. The average molecular weight is 379 g/mol. The smallest absolute Gasteiger partial charge is 0.376 e. The normalized spacial score (nSPS) is 11.1. The number of aromatic nitrogens is 3. The molecule has 2 heterocycles. The predicted octanol–water partition coefficient (Wildman–Crippen LogP) is 3.06. The molecule has 8 heteroatoms. The molecular formula is C20H17N3O5. The first-order valence-electron chi connectivity index (χ1n) is 8.74. The Morgan fingerprint density at radius 1 is 1.18 bits per heavy atom. The van der Waals surface area contributed by atoms with Gasteiger partial charge in [-0.05, 0) is 44.2 Å². The number of aryl methyl sites for hydroxylation is 1. The van der Waals surface area contributed by atoms with Crippen LogP contribution >= 0.6 is 0 Å². The van der Waals surface area contributed by atoms with Crippen molar-refractivity contribution in [2.45, 2.75) is 20.6 Å². The van der Waals surface area contributed by atoms with Crippen LogP contribution in [0.5, 0.6) is 5.75 Å². The molecule has 0 fully saturated rings. The highest BCUT2D eigenvalue weighted by atomic mass is 16.6. The van der Waals surface area contributed by atoms with Crippen molar-refractivity contribution < 1.29 is 18.7 Å². The maximum Gasteiger partial charge on any atom is 0.376 e. The monoisotopic (exact) mass is 379 g/mol. The summed E-state index contributed by atoms with van der Waals surface area (Å²) in [5.41, 5.74) is 1.28.